The number of nitrogens with zero attached hydrogens (tertiary/aromatic N) is 1. The highest BCUT2D eigenvalue weighted by Crippen LogP contribution is 2.20. The zero-order valence-corrected chi connectivity index (χ0v) is 15.2. The predicted octanol–water partition coefficient (Wildman–Crippen LogP) is 0.525. The fourth-order valence-corrected chi connectivity index (χ4v) is 4.78. The standard InChI is InChI=1S/C13H19ClN2O5S2/c1-16(2)22(17,18)9-10-7-21-8-13(10)15-23(19,20)12-5-3-11(14)4-6-12/h3-6,10,13,15H,7-9H2,1-2H3/t10-,13+/m0/s1. The molecule has 0 spiro atoms. The van der Waals surface area contributed by atoms with Crippen LogP contribution in [-0.2, 0) is 24.8 Å². The molecule has 7 nitrogen and oxygen atoms in total. The van der Waals surface area contributed by atoms with Crippen molar-refractivity contribution >= 4 is 31.6 Å². The number of hydrogen-bond acceptors (Lipinski definition) is 5. The molecule has 0 aromatic heterocycles. The normalized spacial score (nSPS) is 22.6. The molecule has 0 amide bonds. The lowest BCUT2D eigenvalue weighted by Gasteiger charge is -2.21. The molecule has 0 saturated carbocycles. The summed E-state index contributed by atoms with van der Waals surface area (Å²) in [4.78, 5) is 0.0722. The van der Waals surface area contributed by atoms with Gasteiger partial charge in [0.2, 0.25) is 20.0 Å². The lowest BCUT2D eigenvalue weighted by Crippen LogP contribution is -2.43. The molecule has 0 aliphatic carbocycles. The molecule has 0 unspecified atom stereocenters. The average molecular weight is 383 g/mol. The summed E-state index contributed by atoms with van der Waals surface area (Å²) in [5.74, 6) is -0.613. The van der Waals surface area contributed by atoms with E-state index in [4.69, 9.17) is 16.3 Å². The molecule has 23 heavy (non-hydrogen) atoms. The fourth-order valence-electron chi connectivity index (χ4n) is 2.19. The monoisotopic (exact) mass is 382 g/mol. The van der Waals surface area contributed by atoms with Gasteiger partial charge in [-0.3, -0.25) is 0 Å². The number of benzene rings is 1. The molecule has 130 valence electrons. The first kappa shape index (κ1) is 18.6. The highest BCUT2D eigenvalue weighted by molar-refractivity contribution is 7.89. The van der Waals surface area contributed by atoms with Crippen LogP contribution in [0.5, 0.6) is 0 Å². The summed E-state index contributed by atoms with van der Waals surface area (Å²) in [5.41, 5.74) is 0. The number of rotatable bonds is 6. The third kappa shape index (κ3) is 4.65. The minimum atomic E-state index is -3.77. The van der Waals surface area contributed by atoms with Gasteiger partial charge < -0.3 is 4.74 Å². The van der Waals surface area contributed by atoms with Crippen LogP contribution in [0.15, 0.2) is 29.2 Å². The molecule has 1 saturated heterocycles. The maximum atomic E-state index is 12.4. The second-order valence-electron chi connectivity index (χ2n) is 5.54. The van der Waals surface area contributed by atoms with Gasteiger partial charge in [-0.1, -0.05) is 11.6 Å². The lowest BCUT2D eigenvalue weighted by atomic mass is 10.1. The quantitative estimate of drug-likeness (QED) is 0.774. The zero-order chi connectivity index (χ0) is 17.3. The molecule has 1 fully saturated rings. The number of sulfonamides is 2. The molecule has 1 aromatic rings. The molecule has 1 N–H and O–H groups in total. The summed E-state index contributed by atoms with van der Waals surface area (Å²) < 4.78 is 57.6. The molecule has 1 heterocycles. The van der Waals surface area contributed by atoms with Crippen LogP contribution < -0.4 is 4.72 Å². The lowest BCUT2D eigenvalue weighted by molar-refractivity contribution is 0.185. The maximum Gasteiger partial charge on any atom is 0.240 e. The number of nitrogens with one attached hydrogen (secondary N) is 1. The van der Waals surface area contributed by atoms with E-state index in [1.165, 1.54) is 38.4 Å². The first-order valence-corrected chi connectivity index (χ1v) is 10.3. The van der Waals surface area contributed by atoms with Crippen LogP contribution in [0.25, 0.3) is 0 Å². The van der Waals surface area contributed by atoms with Crippen molar-refractivity contribution in [3.63, 3.8) is 0 Å². The van der Waals surface area contributed by atoms with E-state index in [0.717, 1.165) is 4.31 Å². The Morgan fingerprint density at radius 3 is 2.35 bits per heavy atom. The first-order valence-electron chi connectivity index (χ1n) is 6.88. The second kappa shape index (κ2) is 7.04. The molecular formula is C13H19ClN2O5S2. The van der Waals surface area contributed by atoms with Crippen molar-refractivity contribution in [2.24, 2.45) is 5.92 Å². The van der Waals surface area contributed by atoms with Gasteiger partial charge in [-0.15, -0.1) is 0 Å². The van der Waals surface area contributed by atoms with Crippen LogP contribution in [0.3, 0.4) is 0 Å². The number of hydrogen-bond donors (Lipinski definition) is 1. The van der Waals surface area contributed by atoms with Crippen LogP contribution in [-0.4, -0.2) is 60.2 Å². The second-order valence-corrected chi connectivity index (χ2v) is 9.92. The van der Waals surface area contributed by atoms with Crippen molar-refractivity contribution in [1.82, 2.24) is 9.03 Å². The van der Waals surface area contributed by atoms with Gasteiger partial charge in [0.15, 0.2) is 0 Å². The fraction of sp³-hybridized carbons (Fsp3) is 0.538. The Hall–Kier alpha value is -0.710. The molecular weight excluding hydrogens is 364 g/mol. The van der Waals surface area contributed by atoms with E-state index >= 15 is 0 Å². The van der Waals surface area contributed by atoms with Gasteiger partial charge in [0.25, 0.3) is 0 Å². The van der Waals surface area contributed by atoms with E-state index in [0.29, 0.717) is 5.02 Å². The Bertz CT molecular complexity index is 747. The van der Waals surface area contributed by atoms with Crippen LogP contribution in [0.4, 0.5) is 0 Å². The van der Waals surface area contributed by atoms with Gasteiger partial charge in [-0.25, -0.2) is 25.9 Å². The van der Waals surface area contributed by atoms with Crippen molar-refractivity contribution in [3.8, 4) is 0 Å². The third-order valence-corrected chi connectivity index (χ3v) is 7.33. The highest BCUT2D eigenvalue weighted by atomic mass is 35.5. The van der Waals surface area contributed by atoms with Gasteiger partial charge in [0.05, 0.1) is 29.9 Å². The van der Waals surface area contributed by atoms with Gasteiger partial charge in [-0.05, 0) is 24.3 Å². The summed E-state index contributed by atoms with van der Waals surface area (Å²) in [6.07, 6.45) is 0. The van der Waals surface area contributed by atoms with Gasteiger partial charge in [-0.2, -0.15) is 0 Å². The molecule has 0 bridgehead atoms. The summed E-state index contributed by atoms with van der Waals surface area (Å²) in [5, 5.41) is 0.433. The summed E-state index contributed by atoms with van der Waals surface area (Å²) in [7, 11) is -4.32. The van der Waals surface area contributed by atoms with Crippen LogP contribution in [0.1, 0.15) is 0 Å². The van der Waals surface area contributed by atoms with Crippen LogP contribution in [0.2, 0.25) is 5.02 Å². The van der Waals surface area contributed by atoms with Crippen molar-refractivity contribution in [3.05, 3.63) is 29.3 Å². The minimum Gasteiger partial charge on any atom is -0.379 e. The maximum absolute atomic E-state index is 12.4. The molecule has 1 aliphatic rings. The molecule has 1 aliphatic heterocycles. The number of ether oxygens (including phenoxy) is 1. The smallest absolute Gasteiger partial charge is 0.240 e. The number of halogens is 1. The van der Waals surface area contributed by atoms with E-state index in [9.17, 15) is 16.8 Å². The molecule has 2 atom stereocenters. The summed E-state index contributed by atoms with van der Waals surface area (Å²) in [6.45, 7) is 0.335. The Morgan fingerprint density at radius 1 is 1.17 bits per heavy atom. The predicted molar refractivity (Wildman–Crippen MR) is 87.3 cm³/mol. The van der Waals surface area contributed by atoms with Crippen molar-refractivity contribution in [2.45, 2.75) is 10.9 Å². The van der Waals surface area contributed by atoms with Crippen molar-refractivity contribution in [1.29, 1.82) is 0 Å². The zero-order valence-electron chi connectivity index (χ0n) is 12.8. The summed E-state index contributed by atoms with van der Waals surface area (Å²) >= 11 is 5.75. The van der Waals surface area contributed by atoms with E-state index in [1.54, 1.807) is 0 Å². The molecule has 0 radical (unpaired) electrons. The van der Waals surface area contributed by atoms with E-state index < -0.39 is 32.0 Å². The van der Waals surface area contributed by atoms with Crippen LogP contribution in [0, 0.1) is 5.92 Å². The Labute approximate surface area is 141 Å². The van der Waals surface area contributed by atoms with Gasteiger partial charge >= 0.3 is 0 Å². The van der Waals surface area contributed by atoms with Crippen molar-refractivity contribution < 1.29 is 21.6 Å². The average Bonchev–Trinajstić information content (AvgIpc) is 2.85. The highest BCUT2D eigenvalue weighted by Gasteiger charge is 2.35. The Kier molecular flexibility index (Phi) is 5.70. The summed E-state index contributed by atoms with van der Waals surface area (Å²) in [6, 6.07) is 5.16. The minimum absolute atomic E-state index is 0.0722. The van der Waals surface area contributed by atoms with Gasteiger partial charge in [0.1, 0.15) is 0 Å². The third-order valence-electron chi connectivity index (χ3n) is 3.61. The van der Waals surface area contributed by atoms with Crippen molar-refractivity contribution in [2.75, 3.05) is 33.1 Å². The van der Waals surface area contributed by atoms with Crippen LogP contribution >= 0.6 is 11.6 Å². The first-order chi connectivity index (χ1) is 10.6. The Balaban J connectivity index is 2.13. The topological polar surface area (TPSA) is 92.8 Å². The Morgan fingerprint density at radius 2 is 1.78 bits per heavy atom. The van der Waals surface area contributed by atoms with Gasteiger partial charge in [0, 0.05) is 25.0 Å². The SMILES string of the molecule is CN(C)S(=O)(=O)C[C@@H]1COC[C@H]1NS(=O)(=O)c1ccc(Cl)cc1. The van der Waals surface area contributed by atoms with E-state index in [-0.39, 0.29) is 23.9 Å². The van der Waals surface area contributed by atoms with E-state index in [2.05, 4.69) is 4.72 Å². The molecule has 2 rings (SSSR count). The molecule has 1 aromatic carbocycles. The van der Waals surface area contributed by atoms with E-state index in [1.807, 2.05) is 0 Å². The molecule has 10 heteroatoms. The largest absolute Gasteiger partial charge is 0.379 e.